The Balaban J connectivity index is 1.39. The molecular weight excluding hydrogens is 975 g/mol. The van der Waals surface area contributed by atoms with Gasteiger partial charge in [0, 0.05) is 45.6 Å². The molecular formula is C46H73N13O15. The number of nitrogens with two attached hydrogens (primary N) is 3. The van der Waals surface area contributed by atoms with Crippen molar-refractivity contribution < 1.29 is 72.9 Å². The summed E-state index contributed by atoms with van der Waals surface area (Å²) in [6.07, 6.45) is 2.14. The number of likely N-dealkylation sites (tertiary alicyclic amines) is 4. The smallest absolute Gasteiger partial charge is 0.326 e. The van der Waals surface area contributed by atoms with Gasteiger partial charge in [-0.1, -0.05) is 20.3 Å². The molecule has 0 spiro atoms. The zero-order valence-corrected chi connectivity index (χ0v) is 42.0. The third-order valence-electron chi connectivity index (χ3n) is 13.8. The van der Waals surface area contributed by atoms with E-state index in [-0.39, 0.29) is 70.3 Å². The number of carbonyl (C=O) groups excluding carboxylic acids is 9. The highest BCUT2D eigenvalue weighted by molar-refractivity contribution is 5.98. The lowest BCUT2D eigenvalue weighted by molar-refractivity contribution is -0.153. The third kappa shape index (κ3) is 16.7. The van der Waals surface area contributed by atoms with Crippen LogP contribution in [0.5, 0.6) is 0 Å². The lowest BCUT2D eigenvalue weighted by Crippen LogP contribution is -2.59. The summed E-state index contributed by atoms with van der Waals surface area (Å²) in [5.41, 5.74) is 16.7. The fourth-order valence-electron chi connectivity index (χ4n) is 9.64. The molecule has 74 heavy (non-hydrogen) atoms. The van der Waals surface area contributed by atoms with E-state index in [0.717, 1.165) is 0 Å². The third-order valence-corrected chi connectivity index (χ3v) is 13.8. The Morgan fingerprint density at radius 1 is 0.595 bits per heavy atom. The van der Waals surface area contributed by atoms with E-state index in [4.69, 9.17) is 27.4 Å². The number of amides is 9. The summed E-state index contributed by atoms with van der Waals surface area (Å²) < 4.78 is 0. The van der Waals surface area contributed by atoms with Crippen molar-refractivity contribution in [2.24, 2.45) is 28.1 Å². The zero-order valence-electron chi connectivity index (χ0n) is 42.0. The van der Waals surface area contributed by atoms with Crippen molar-refractivity contribution >= 4 is 77.0 Å². The lowest BCUT2D eigenvalue weighted by atomic mass is 9.98. The zero-order chi connectivity index (χ0) is 54.8. The first-order valence-electron chi connectivity index (χ1n) is 25.2. The van der Waals surface area contributed by atoms with Gasteiger partial charge in [-0.15, -0.1) is 0 Å². The second-order valence-corrected chi connectivity index (χ2v) is 19.1. The number of rotatable bonds is 27. The van der Waals surface area contributed by atoms with Crippen molar-refractivity contribution in [2.45, 2.75) is 158 Å². The SMILES string of the molecule is CC[C@H](C)[C@H](NC(=O)[C@@H]1CCCN1C(=O)[C@@H]1CCCN1C(=O)[C@@H]1CCCN1C(=O)[C@@H]1CCCN1C(=O)[C@H](CCCN=C(N)N)NC(=O)CNC(=O)CNC(=O)[C@H](CCC(=O)O)NC(=O)[C@@H](N)CCC(=O)O)C(=O)O. The molecule has 4 aliphatic heterocycles. The van der Waals surface area contributed by atoms with Crippen LogP contribution in [0, 0.1) is 5.92 Å². The van der Waals surface area contributed by atoms with Crippen molar-refractivity contribution in [3.63, 3.8) is 0 Å². The van der Waals surface area contributed by atoms with Crippen LogP contribution in [0.4, 0.5) is 0 Å². The highest BCUT2D eigenvalue weighted by Gasteiger charge is 2.48. The van der Waals surface area contributed by atoms with E-state index in [1.165, 1.54) is 19.6 Å². The monoisotopic (exact) mass is 1050 g/mol. The largest absolute Gasteiger partial charge is 0.481 e. The molecule has 412 valence electrons. The predicted molar refractivity (Wildman–Crippen MR) is 259 cm³/mol. The topological polar surface area (TPSA) is 429 Å². The van der Waals surface area contributed by atoms with Gasteiger partial charge < -0.3 is 78.7 Å². The number of aliphatic imine (C=N–C) groups is 1. The maximum Gasteiger partial charge on any atom is 0.326 e. The number of nitrogens with zero attached hydrogens (tertiary/aromatic N) is 5. The minimum atomic E-state index is -1.46. The number of guanidine groups is 1. The van der Waals surface area contributed by atoms with E-state index in [0.29, 0.717) is 51.4 Å². The van der Waals surface area contributed by atoms with Crippen molar-refractivity contribution in [3.8, 4) is 0 Å². The van der Waals surface area contributed by atoms with E-state index in [1.54, 1.807) is 6.92 Å². The molecule has 0 aromatic heterocycles. The minimum absolute atomic E-state index is 0.00107. The first-order valence-corrected chi connectivity index (χ1v) is 25.2. The van der Waals surface area contributed by atoms with Crippen LogP contribution in [0.3, 0.4) is 0 Å². The van der Waals surface area contributed by atoms with Crippen LogP contribution in [0.25, 0.3) is 0 Å². The Morgan fingerprint density at radius 3 is 1.59 bits per heavy atom. The molecule has 4 heterocycles. The molecule has 0 aliphatic carbocycles. The Labute approximate surface area is 427 Å². The number of hydrogen-bond acceptors (Lipinski definition) is 14. The average molecular weight is 1050 g/mol. The van der Waals surface area contributed by atoms with Crippen LogP contribution in [0.2, 0.25) is 0 Å². The summed E-state index contributed by atoms with van der Waals surface area (Å²) >= 11 is 0. The molecule has 4 rings (SSSR count). The summed E-state index contributed by atoms with van der Waals surface area (Å²) in [7, 11) is 0. The molecule has 4 aliphatic rings. The second-order valence-electron chi connectivity index (χ2n) is 19.1. The van der Waals surface area contributed by atoms with E-state index in [2.05, 4.69) is 31.6 Å². The summed E-state index contributed by atoms with van der Waals surface area (Å²) in [4.78, 5) is 166. The number of aliphatic carboxylic acids is 3. The van der Waals surface area contributed by atoms with Crippen LogP contribution in [0.1, 0.15) is 110 Å². The van der Waals surface area contributed by atoms with Gasteiger partial charge in [-0.25, -0.2) is 4.79 Å². The molecule has 4 fully saturated rings. The Bertz CT molecular complexity index is 2140. The Kier molecular flexibility index (Phi) is 22.8. The van der Waals surface area contributed by atoms with Crippen molar-refractivity contribution in [1.29, 1.82) is 0 Å². The predicted octanol–water partition coefficient (Wildman–Crippen LogP) is -4.12. The van der Waals surface area contributed by atoms with E-state index in [1.807, 2.05) is 6.92 Å². The molecule has 0 unspecified atom stereocenters. The summed E-state index contributed by atoms with van der Waals surface area (Å²) in [6, 6.07) is -8.93. The van der Waals surface area contributed by atoms with Crippen LogP contribution in [-0.2, 0) is 57.5 Å². The molecule has 0 aromatic carbocycles. The lowest BCUT2D eigenvalue weighted by Gasteiger charge is -2.36. The fourth-order valence-corrected chi connectivity index (χ4v) is 9.64. The average Bonchev–Trinajstić information content (AvgIpc) is 4.22. The molecule has 0 saturated carbocycles. The van der Waals surface area contributed by atoms with Gasteiger partial charge in [-0.3, -0.25) is 57.7 Å². The van der Waals surface area contributed by atoms with Crippen molar-refractivity contribution in [1.82, 2.24) is 46.2 Å². The number of hydrogen-bond donors (Lipinski definition) is 11. The number of carboxylic acids is 3. The normalized spacial score (nSPS) is 21.3. The Morgan fingerprint density at radius 2 is 1.08 bits per heavy atom. The summed E-state index contributed by atoms with van der Waals surface area (Å²) in [6.45, 7) is 3.03. The summed E-state index contributed by atoms with van der Waals surface area (Å²) in [5, 5.41) is 39.8. The molecule has 4 saturated heterocycles. The minimum Gasteiger partial charge on any atom is -0.481 e. The van der Waals surface area contributed by atoms with Crippen molar-refractivity contribution in [3.05, 3.63) is 0 Å². The van der Waals surface area contributed by atoms with E-state index in [9.17, 15) is 62.6 Å². The first-order chi connectivity index (χ1) is 35.0. The van der Waals surface area contributed by atoms with Gasteiger partial charge in [0.15, 0.2) is 5.96 Å². The van der Waals surface area contributed by atoms with Crippen LogP contribution in [0.15, 0.2) is 4.99 Å². The Hall–Kier alpha value is -7.13. The highest BCUT2D eigenvalue weighted by atomic mass is 16.4. The highest BCUT2D eigenvalue weighted by Crippen LogP contribution is 2.31. The molecule has 0 radical (unpaired) electrons. The molecule has 0 bridgehead atoms. The number of nitrogens with one attached hydrogen (secondary N) is 5. The van der Waals surface area contributed by atoms with Gasteiger partial charge in [0.1, 0.15) is 42.3 Å². The summed E-state index contributed by atoms with van der Waals surface area (Å²) in [5.74, 6) is -10.4. The van der Waals surface area contributed by atoms with Gasteiger partial charge >= 0.3 is 17.9 Å². The molecule has 14 N–H and O–H groups in total. The number of carboxylic acid groups (broad SMARTS) is 3. The van der Waals surface area contributed by atoms with Gasteiger partial charge in [0.2, 0.25) is 53.2 Å². The van der Waals surface area contributed by atoms with Crippen molar-refractivity contribution in [2.75, 3.05) is 45.8 Å². The first kappa shape index (κ1) is 59.4. The molecule has 9 amide bonds. The second kappa shape index (κ2) is 28.4. The van der Waals surface area contributed by atoms with Gasteiger partial charge in [0.05, 0.1) is 19.1 Å². The van der Waals surface area contributed by atoms with Gasteiger partial charge in [-0.05, 0) is 83.0 Å². The van der Waals surface area contributed by atoms with Crippen LogP contribution < -0.4 is 43.8 Å². The maximum atomic E-state index is 14.5. The van der Waals surface area contributed by atoms with Gasteiger partial charge in [-0.2, -0.15) is 0 Å². The molecule has 0 aromatic rings. The van der Waals surface area contributed by atoms with Crippen LogP contribution in [-0.4, -0.2) is 206 Å². The molecule has 28 nitrogen and oxygen atoms in total. The van der Waals surface area contributed by atoms with E-state index >= 15 is 0 Å². The maximum absolute atomic E-state index is 14.5. The fraction of sp³-hybridized carbons (Fsp3) is 0.717. The standard InChI is InChI=1S/C46H73N13O15/c1-3-25(2)37(45(73)74)55-40(68)29-10-5-19-56(29)42(70)31-12-7-21-58(31)44(72)32-13-8-22-59(32)43(71)30-11-6-20-57(30)41(69)28(9-4-18-50-46(48)49)53-34(61)24-51-33(60)23-52-39(67)27(15-17-36(64)65)54-38(66)26(47)14-16-35(62)63/h25-32,37H,3-24,47H2,1-2H3,(H,51,60)(H,52,67)(H,53,61)(H,54,66)(H,55,68)(H,62,63)(H,64,65)(H,73,74)(H4,48,49,50)/t25-,26-,27-,28-,29-,30-,31-,32-,37-/m0/s1. The molecule has 28 heteroatoms. The number of carbonyl (C=O) groups is 12. The molecule has 9 atom stereocenters. The quantitative estimate of drug-likeness (QED) is 0.0211. The van der Waals surface area contributed by atoms with E-state index < -0.39 is 152 Å². The van der Waals surface area contributed by atoms with Gasteiger partial charge in [0.25, 0.3) is 0 Å². The van der Waals surface area contributed by atoms with Crippen LogP contribution >= 0.6 is 0 Å².